The number of nitrogen functional groups attached to an aromatic ring is 1. The summed E-state index contributed by atoms with van der Waals surface area (Å²) in [5.41, 5.74) is 7.10. The first-order valence-corrected chi connectivity index (χ1v) is 22.3. The molecule has 5 heterocycles. The minimum atomic E-state index is -3.42. The zero-order chi connectivity index (χ0) is 32.7. The molecule has 2 N–H and O–H groups in total. The van der Waals surface area contributed by atoms with E-state index >= 15 is 0 Å². The van der Waals surface area contributed by atoms with E-state index in [1.165, 1.54) is 6.33 Å². The molecule has 5 atom stereocenters. The quantitative estimate of drug-likeness (QED) is 0.119. The van der Waals surface area contributed by atoms with Crippen molar-refractivity contribution in [3.63, 3.8) is 0 Å². The molecule has 0 amide bonds. The van der Waals surface area contributed by atoms with E-state index in [0.717, 1.165) is 15.6 Å². The molecule has 48 heavy (non-hydrogen) atoms. The van der Waals surface area contributed by atoms with Gasteiger partial charge in [0.25, 0.3) is 5.17 Å². The number of fused-ring (bicyclic) bond motifs is 2. The van der Waals surface area contributed by atoms with Gasteiger partial charge in [0.1, 0.15) is 30.4 Å². The lowest BCUT2D eigenvalue weighted by atomic mass is 10.1. The SMILES string of the molecule is Nc1ncnc2c1ncn2C1OC2CO[Si](c3ccccc3)(c3ccccc3)O[Si](I)(c3ccccc3)OC2C1OC(=S)n1ccnc1. The Balaban J connectivity index is 1.28. The van der Waals surface area contributed by atoms with Gasteiger partial charge in [-0.2, -0.15) is 0 Å². The molecule has 8 rings (SSSR count). The fourth-order valence-corrected chi connectivity index (χ4v) is 18.1. The van der Waals surface area contributed by atoms with Gasteiger partial charge in [-0.05, 0) is 44.4 Å². The van der Waals surface area contributed by atoms with E-state index in [4.69, 9.17) is 40.4 Å². The van der Waals surface area contributed by atoms with Crippen LogP contribution < -0.4 is 21.3 Å². The fourth-order valence-electron chi connectivity index (χ4n) is 6.08. The average molecular weight is 806 g/mol. The van der Waals surface area contributed by atoms with Gasteiger partial charge in [-0.3, -0.25) is 9.13 Å². The highest BCUT2D eigenvalue weighted by Gasteiger charge is 2.60. The number of aromatic nitrogens is 6. The van der Waals surface area contributed by atoms with Gasteiger partial charge in [0, 0.05) is 17.6 Å². The van der Waals surface area contributed by atoms with Crippen molar-refractivity contribution >= 4 is 86.3 Å². The smallest absolute Gasteiger partial charge is 0.434 e. The van der Waals surface area contributed by atoms with Gasteiger partial charge in [-0.15, -0.1) is 0 Å². The molecule has 0 bridgehead atoms. The number of halogens is 1. The maximum absolute atomic E-state index is 7.47. The predicted molar refractivity (Wildman–Crippen MR) is 194 cm³/mol. The van der Waals surface area contributed by atoms with Crippen LogP contribution in [0.1, 0.15) is 6.23 Å². The lowest BCUT2D eigenvalue weighted by molar-refractivity contribution is -0.0509. The molecule has 0 aliphatic carbocycles. The number of nitrogens with two attached hydrogens (primary N) is 1. The van der Waals surface area contributed by atoms with Crippen LogP contribution in [0, 0.1) is 0 Å². The molecule has 0 saturated carbocycles. The number of nitrogens with zero attached hydrogens (tertiary/aromatic N) is 6. The van der Waals surface area contributed by atoms with E-state index in [0.29, 0.717) is 11.2 Å². The van der Waals surface area contributed by atoms with E-state index in [1.807, 2.05) is 66.7 Å². The summed E-state index contributed by atoms with van der Waals surface area (Å²) in [5.74, 6) is 0.256. The van der Waals surface area contributed by atoms with Gasteiger partial charge in [-0.25, -0.2) is 19.9 Å². The topological polar surface area (TPSA) is 134 Å². The number of benzene rings is 3. The second-order valence-corrected chi connectivity index (χ2v) is 21.2. The second-order valence-electron chi connectivity index (χ2n) is 11.2. The third kappa shape index (κ3) is 5.56. The van der Waals surface area contributed by atoms with Crippen molar-refractivity contribution in [3.8, 4) is 0 Å². The highest BCUT2D eigenvalue weighted by Crippen LogP contribution is 2.40. The van der Waals surface area contributed by atoms with Gasteiger partial charge in [0.05, 0.1) is 12.9 Å². The molecule has 2 aliphatic rings. The highest BCUT2D eigenvalue weighted by atomic mass is 127. The first-order chi connectivity index (χ1) is 23.5. The molecule has 6 aromatic rings. The summed E-state index contributed by atoms with van der Waals surface area (Å²) in [4.78, 5) is 17.2. The monoisotopic (exact) mass is 805 g/mol. The summed E-state index contributed by atoms with van der Waals surface area (Å²) >= 11 is 8.13. The van der Waals surface area contributed by atoms with Crippen LogP contribution in [0.5, 0.6) is 0 Å². The Morgan fingerprint density at radius 2 is 1.56 bits per heavy atom. The van der Waals surface area contributed by atoms with Crippen LogP contribution in [0.25, 0.3) is 11.2 Å². The number of thiocarbonyl (C=S) groups is 1. The summed E-state index contributed by atoms with van der Waals surface area (Å²) in [6.45, 7) is 0.147. The first-order valence-electron chi connectivity index (χ1n) is 15.1. The number of anilines is 1. The first kappa shape index (κ1) is 31.4. The van der Waals surface area contributed by atoms with Crippen LogP contribution in [0.15, 0.2) is 122 Å². The normalized spacial score (nSPS) is 25.2. The van der Waals surface area contributed by atoms with Crippen molar-refractivity contribution in [2.24, 2.45) is 0 Å². The fraction of sp³-hybridized carbons (Fsp3) is 0.156. The molecule has 3 aromatic heterocycles. The molecule has 2 saturated heterocycles. The molecule has 3 aromatic carbocycles. The standard InChI is InChI=1S/C32H28IN7O5SSi2/c33-48(24-14-8-3-9-15-24)44-27-25(18-41-47(45-48,22-10-4-1-5-11-22)23-12-6-2-7-13-23)42-31(28(27)43-32(46)39-17-16-35-20-39)40-21-38-26-29(34)36-19-37-30(26)40/h1-17,19-21,25,27-28,31H,18H2,(H2,34,36,37). The predicted octanol–water partition coefficient (Wildman–Crippen LogP) is 2.69. The molecule has 0 radical (unpaired) electrons. The summed E-state index contributed by atoms with van der Waals surface area (Å²) in [6, 6.07) is 26.8. The summed E-state index contributed by atoms with van der Waals surface area (Å²) in [7, 11) is -3.42. The Hall–Kier alpha value is -3.89. The molecule has 5 unspecified atom stereocenters. The molecule has 16 heteroatoms. The number of rotatable bonds is 5. The number of hydrogen-bond acceptors (Lipinski definition) is 11. The van der Waals surface area contributed by atoms with Crippen molar-refractivity contribution in [2.45, 2.75) is 24.5 Å². The Kier molecular flexibility index (Phi) is 8.41. The van der Waals surface area contributed by atoms with Crippen molar-refractivity contribution in [1.82, 2.24) is 29.1 Å². The van der Waals surface area contributed by atoms with Crippen molar-refractivity contribution < 1.29 is 22.4 Å². The third-order valence-electron chi connectivity index (χ3n) is 8.34. The van der Waals surface area contributed by atoms with E-state index < -0.39 is 39.2 Å². The van der Waals surface area contributed by atoms with Gasteiger partial charge >= 0.3 is 14.6 Å². The van der Waals surface area contributed by atoms with Crippen LogP contribution in [0.3, 0.4) is 0 Å². The number of imidazole rings is 2. The van der Waals surface area contributed by atoms with E-state index in [-0.39, 0.29) is 17.6 Å². The zero-order valence-corrected chi connectivity index (χ0v) is 30.1. The van der Waals surface area contributed by atoms with Crippen LogP contribution in [0.4, 0.5) is 5.82 Å². The van der Waals surface area contributed by atoms with E-state index in [1.54, 1.807) is 34.2 Å². The maximum Gasteiger partial charge on any atom is 0.434 e. The molecule has 242 valence electrons. The second kappa shape index (κ2) is 12.9. The Morgan fingerprint density at radius 3 is 2.21 bits per heavy atom. The number of hydrogen-bond donors (Lipinski definition) is 1. The van der Waals surface area contributed by atoms with Crippen molar-refractivity contribution in [3.05, 3.63) is 122 Å². The molecule has 12 nitrogen and oxygen atoms in total. The van der Waals surface area contributed by atoms with Crippen LogP contribution in [-0.4, -0.2) is 73.8 Å². The molecule has 2 aliphatic heterocycles. The van der Waals surface area contributed by atoms with Crippen molar-refractivity contribution in [2.75, 3.05) is 12.3 Å². The van der Waals surface area contributed by atoms with Gasteiger partial charge < -0.3 is 28.2 Å². The van der Waals surface area contributed by atoms with Crippen molar-refractivity contribution in [1.29, 1.82) is 0 Å². The lowest BCUT2D eigenvalue weighted by Crippen LogP contribution is -2.72. The van der Waals surface area contributed by atoms with Crippen LogP contribution >= 0.6 is 34.0 Å². The van der Waals surface area contributed by atoms with Crippen LogP contribution in [0.2, 0.25) is 0 Å². The average Bonchev–Trinajstić information content (AvgIpc) is 3.88. The van der Waals surface area contributed by atoms with E-state index in [9.17, 15) is 0 Å². The van der Waals surface area contributed by atoms with Crippen LogP contribution in [-0.2, 0) is 22.4 Å². The van der Waals surface area contributed by atoms with Gasteiger partial charge in [0.2, 0.25) is 0 Å². The minimum absolute atomic E-state index is 0.147. The van der Waals surface area contributed by atoms with Gasteiger partial charge in [-0.1, -0.05) is 91.0 Å². The Bertz CT molecular complexity index is 2010. The molecule has 0 spiro atoms. The lowest BCUT2D eigenvalue weighted by Gasteiger charge is -2.43. The minimum Gasteiger partial charge on any atom is -0.459 e. The number of ether oxygens (including phenoxy) is 2. The summed E-state index contributed by atoms with van der Waals surface area (Å²) in [5, 5.41) is 3.01. The largest absolute Gasteiger partial charge is 0.459 e. The molecule has 2 fully saturated rings. The third-order valence-corrected chi connectivity index (χ3v) is 19.8. The Morgan fingerprint density at radius 1 is 0.896 bits per heavy atom. The molecular weight excluding hydrogens is 778 g/mol. The summed E-state index contributed by atoms with van der Waals surface area (Å²) < 4.78 is 38.8. The molecular formula is C32H28IN7O5SSi2. The maximum atomic E-state index is 7.47. The highest BCUT2D eigenvalue weighted by molar-refractivity contribution is 14.1. The van der Waals surface area contributed by atoms with Gasteiger partial charge in [0.15, 0.2) is 23.8 Å². The Labute approximate surface area is 295 Å². The van der Waals surface area contributed by atoms with E-state index in [2.05, 4.69) is 66.0 Å². The summed E-state index contributed by atoms with van der Waals surface area (Å²) in [6.07, 6.45) is 5.10. The zero-order valence-electron chi connectivity index (χ0n) is 25.2.